The van der Waals surface area contributed by atoms with Crippen LogP contribution in [0.5, 0.6) is 5.75 Å². The van der Waals surface area contributed by atoms with E-state index in [4.69, 9.17) is 4.74 Å². The Morgan fingerprint density at radius 1 is 1.03 bits per heavy atom. The first-order valence-electron chi connectivity index (χ1n) is 12.9. The van der Waals surface area contributed by atoms with Crippen LogP contribution < -0.4 is 4.74 Å². The number of hydrogen-bond donors (Lipinski definition) is 2. The van der Waals surface area contributed by atoms with Crippen molar-refractivity contribution >= 4 is 11.5 Å². The fraction of sp³-hybridized carbons (Fsp3) is 0.483. The molecule has 0 spiro atoms. The number of nitrogens with zero attached hydrogens (tertiary/aromatic N) is 2. The number of carbonyl (C=O) groups is 1. The van der Waals surface area contributed by atoms with Crippen LogP contribution in [0.15, 0.2) is 54.1 Å². The number of hydrogen-bond acceptors (Lipinski definition) is 6. The second kappa shape index (κ2) is 13.5. The van der Waals surface area contributed by atoms with Gasteiger partial charge >= 0.3 is 0 Å². The highest BCUT2D eigenvalue weighted by Crippen LogP contribution is 2.41. The van der Waals surface area contributed by atoms with Gasteiger partial charge in [0.2, 0.25) is 5.78 Å². The maximum absolute atomic E-state index is 13.5. The zero-order valence-corrected chi connectivity index (χ0v) is 21.6. The highest BCUT2D eigenvalue weighted by atomic mass is 19.1. The number of methoxy groups -OCH3 is 1. The summed E-state index contributed by atoms with van der Waals surface area (Å²) in [7, 11) is 1.57. The Morgan fingerprint density at radius 3 is 2.28 bits per heavy atom. The van der Waals surface area contributed by atoms with E-state index in [1.54, 1.807) is 12.0 Å². The number of Topliss-reactive ketones (excluding diaryl/α,β-unsaturated/α-hetero) is 1. The van der Waals surface area contributed by atoms with E-state index in [2.05, 4.69) is 18.7 Å². The molecule has 0 aromatic heterocycles. The first kappa shape index (κ1) is 27.8. The molecule has 0 unspecified atom stereocenters. The molecule has 36 heavy (non-hydrogen) atoms. The van der Waals surface area contributed by atoms with Crippen LogP contribution in [0.1, 0.15) is 63.1 Å². The molecule has 7 heteroatoms. The molecular weight excluding hydrogens is 459 g/mol. The summed E-state index contributed by atoms with van der Waals surface area (Å²) in [5.41, 5.74) is 1.17. The van der Waals surface area contributed by atoms with E-state index in [1.807, 2.05) is 24.3 Å². The van der Waals surface area contributed by atoms with Gasteiger partial charge < -0.3 is 19.8 Å². The predicted molar refractivity (Wildman–Crippen MR) is 140 cm³/mol. The van der Waals surface area contributed by atoms with Crippen molar-refractivity contribution in [3.8, 4) is 5.75 Å². The van der Waals surface area contributed by atoms with Crippen molar-refractivity contribution in [3.05, 3.63) is 71.0 Å². The third-order valence-corrected chi connectivity index (χ3v) is 6.75. The minimum absolute atomic E-state index is 0.108. The standard InChI is InChI=1S/C29H39FN2O4/c1-4-6-16-31(17-7-5-2)18-9-19-32-26(22-10-8-11-24(20-22)36-3)25(28(34)29(32)35)27(33)21-12-14-23(30)15-13-21/h8,10-15,20,26,29,33,35H,4-7,9,16-19H2,1-3H3/t26-,29+/m0/s1. The van der Waals surface area contributed by atoms with Crippen molar-refractivity contribution in [2.24, 2.45) is 0 Å². The number of aliphatic hydroxyl groups excluding tert-OH is 2. The molecular formula is C29H39FN2O4. The van der Waals surface area contributed by atoms with Crippen molar-refractivity contribution in [2.45, 2.75) is 58.2 Å². The largest absolute Gasteiger partial charge is 0.507 e. The molecule has 2 aromatic rings. The summed E-state index contributed by atoms with van der Waals surface area (Å²) in [6.07, 6.45) is 3.94. The van der Waals surface area contributed by atoms with Gasteiger partial charge in [-0.25, -0.2) is 4.39 Å². The molecule has 196 valence electrons. The van der Waals surface area contributed by atoms with E-state index >= 15 is 0 Å². The molecule has 0 bridgehead atoms. The van der Waals surface area contributed by atoms with E-state index in [0.29, 0.717) is 17.9 Å². The normalized spacial score (nSPS) is 19.8. The minimum atomic E-state index is -1.38. The number of benzene rings is 2. The number of unbranched alkanes of at least 4 members (excludes halogenated alkanes) is 2. The van der Waals surface area contributed by atoms with Crippen LogP contribution in [0, 0.1) is 5.82 Å². The Kier molecular flexibility index (Phi) is 10.5. The molecule has 2 atom stereocenters. The average molecular weight is 499 g/mol. The Morgan fingerprint density at radius 2 is 1.67 bits per heavy atom. The van der Waals surface area contributed by atoms with E-state index in [0.717, 1.165) is 57.3 Å². The molecule has 1 fully saturated rings. The van der Waals surface area contributed by atoms with Gasteiger partial charge in [-0.05, 0) is 80.9 Å². The van der Waals surface area contributed by atoms with Crippen LogP contribution in [0.4, 0.5) is 4.39 Å². The Bertz CT molecular complexity index is 1020. The van der Waals surface area contributed by atoms with Crippen LogP contribution in [-0.2, 0) is 4.79 Å². The lowest BCUT2D eigenvalue weighted by Gasteiger charge is -2.29. The second-order valence-electron chi connectivity index (χ2n) is 9.33. The fourth-order valence-electron chi connectivity index (χ4n) is 4.74. The molecule has 0 radical (unpaired) electrons. The number of carbonyl (C=O) groups excluding carboxylic acids is 1. The highest BCUT2D eigenvalue weighted by molar-refractivity contribution is 6.07. The van der Waals surface area contributed by atoms with Gasteiger partial charge in [0.05, 0.1) is 18.7 Å². The van der Waals surface area contributed by atoms with Crippen molar-refractivity contribution in [1.82, 2.24) is 9.80 Å². The number of likely N-dealkylation sites (tertiary alicyclic amines) is 1. The summed E-state index contributed by atoms with van der Waals surface area (Å²) >= 11 is 0. The third kappa shape index (κ3) is 6.72. The average Bonchev–Trinajstić information content (AvgIpc) is 3.15. The summed E-state index contributed by atoms with van der Waals surface area (Å²) in [5, 5.41) is 22.1. The maximum atomic E-state index is 13.5. The van der Waals surface area contributed by atoms with Gasteiger partial charge in [-0.2, -0.15) is 0 Å². The first-order valence-corrected chi connectivity index (χ1v) is 12.9. The summed E-state index contributed by atoms with van der Waals surface area (Å²) in [6, 6.07) is 12.0. The quantitative estimate of drug-likeness (QED) is 0.287. The van der Waals surface area contributed by atoms with Gasteiger partial charge in [-0.3, -0.25) is 9.69 Å². The Labute approximate surface area is 214 Å². The van der Waals surface area contributed by atoms with Gasteiger partial charge in [0, 0.05) is 12.1 Å². The van der Waals surface area contributed by atoms with Crippen molar-refractivity contribution < 1.29 is 24.1 Å². The second-order valence-corrected chi connectivity index (χ2v) is 9.33. The predicted octanol–water partition coefficient (Wildman–Crippen LogP) is 5.34. The first-order chi connectivity index (χ1) is 17.4. The van der Waals surface area contributed by atoms with Crippen LogP contribution in [0.25, 0.3) is 5.76 Å². The summed E-state index contributed by atoms with van der Waals surface area (Å²) in [5.74, 6) is -0.608. The maximum Gasteiger partial charge on any atom is 0.208 e. The number of aliphatic hydroxyl groups is 2. The van der Waals surface area contributed by atoms with Crippen LogP contribution in [0.3, 0.4) is 0 Å². The lowest BCUT2D eigenvalue weighted by atomic mass is 9.95. The van der Waals surface area contributed by atoms with Gasteiger partial charge in [-0.1, -0.05) is 38.8 Å². The summed E-state index contributed by atoms with van der Waals surface area (Å²) in [6.45, 7) is 7.78. The lowest BCUT2D eigenvalue weighted by Crippen LogP contribution is -2.37. The monoisotopic (exact) mass is 498 g/mol. The topological polar surface area (TPSA) is 73.2 Å². The summed E-state index contributed by atoms with van der Waals surface area (Å²) < 4.78 is 18.9. The molecule has 0 amide bonds. The number of ether oxygens (including phenoxy) is 1. The van der Waals surface area contributed by atoms with Gasteiger partial charge in [0.1, 0.15) is 17.3 Å². The van der Waals surface area contributed by atoms with Crippen molar-refractivity contribution in [1.29, 1.82) is 0 Å². The smallest absolute Gasteiger partial charge is 0.208 e. The molecule has 0 saturated carbocycles. The molecule has 3 rings (SSSR count). The molecule has 1 aliphatic heterocycles. The number of rotatable bonds is 13. The molecule has 6 nitrogen and oxygen atoms in total. The minimum Gasteiger partial charge on any atom is -0.507 e. The van der Waals surface area contributed by atoms with Gasteiger partial charge in [0.15, 0.2) is 6.23 Å². The van der Waals surface area contributed by atoms with Crippen LogP contribution in [0.2, 0.25) is 0 Å². The number of halogens is 1. The molecule has 1 saturated heterocycles. The Hall–Kier alpha value is -2.74. The van der Waals surface area contributed by atoms with Gasteiger partial charge in [0.25, 0.3) is 0 Å². The molecule has 1 heterocycles. The van der Waals surface area contributed by atoms with E-state index in [1.165, 1.54) is 24.3 Å². The fourth-order valence-corrected chi connectivity index (χ4v) is 4.74. The van der Waals surface area contributed by atoms with Crippen molar-refractivity contribution in [2.75, 3.05) is 33.3 Å². The molecule has 1 aliphatic rings. The van der Waals surface area contributed by atoms with Crippen LogP contribution in [-0.4, -0.2) is 65.3 Å². The van der Waals surface area contributed by atoms with E-state index in [-0.39, 0.29) is 11.3 Å². The molecule has 2 aromatic carbocycles. The number of ketones is 1. The molecule has 2 N–H and O–H groups in total. The summed E-state index contributed by atoms with van der Waals surface area (Å²) in [4.78, 5) is 17.5. The van der Waals surface area contributed by atoms with E-state index < -0.39 is 23.9 Å². The van der Waals surface area contributed by atoms with Gasteiger partial charge in [-0.15, -0.1) is 0 Å². The van der Waals surface area contributed by atoms with E-state index in [9.17, 15) is 19.4 Å². The lowest BCUT2D eigenvalue weighted by molar-refractivity contribution is -0.127. The third-order valence-electron chi connectivity index (χ3n) is 6.75. The van der Waals surface area contributed by atoms with Crippen LogP contribution >= 0.6 is 0 Å². The zero-order chi connectivity index (χ0) is 26.1. The Balaban J connectivity index is 1.92. The SMILES string of the molecule is CCCCN(CCCC)CCCN1[C@H](O)C(=O)C(=C(O)c2ccc(F)cc2)[C@@H]1c1cccc(OC)c1. The highest BCUT2D eigenvalue weighted by Gasteiger charge is 2.46. The van der Waals surface area contributed by atoms with Crippen molar-refractivity contribution in [3.63, 3.8) is 0 Å². The zero-order valence-electron chi connectivity index (χ0n) is 21.6. The molecule has 0 aliphatic carbocycles.